The Morgan fingerprint density at radius 2 is 1.89 bits per heavy atom. The van der Waals surface area contributed by atoms with Crippen molar-refractivity contribution in [2.24, 2.45) is 7.05 Å². The Kier molecular flexibility index (Phi) is 6.09. The van der Waals surface area contributed by atoms with Crippen molar-refractivity contribution < 1.29 is 9.59 Å². The predicted octanol–water partition coefficient (Wildman–Crippen LogP) is 2.78. The normalized spacial score (nSPS) is 10.1. The van der Waals surface area contributed by atoms with Crippen molar-refractivity contribution in [3.63, 3.8) is 0 Å². The van der Waals surface area contributed by atoms with Crippen molar-refractivity contribution in [2.45, 2.75) is 5.16 Å². The van der Waals surface area contributed by atoms with Crippen LogP contribution in [0.3, 0.4) is 0 Å². The summed E-state index contributed by atoms with van der Waals surface area (Å²) in [6.07, 6.45) is 6.95. The zero-order valence-electron chi connectivity index (χ0n) is 15.0. The standard InChI is InChI=1S/C20H17N5O2S/c1-3-14-6-4-8-16(10-14)23-19(27)15-7-5-9-17(11-15)22-18(26)12-28-20-24-21-13-25(20)2/h1,4-11,13H,12H2,2H3,(H,22,26)(H,23,27). The summed E-state index contributed by atoms with van der Waals surface area (Å²) >= 11 is 1.28. The molecule has 2 aromatic carbocycles. The number of benzene rings is 2. The van der Waals surface area contributed by atoms with Gasteiger partial charge in [-0.25, -0.2) is 0 Å². The zero-order valence-corrected chi connectivity index (χ0v) is 15.9. The van der Waals surface area contributed by atoms with Crippen LogP contribution < -0.4 is 10.6 Å². The summed E-state index contributed by atoms with van der Waals surface area (Å²) in [6.45, 7) is 0. The van der Waals surface area contributed by atoms with Crippen molar-refractivity contribution in [3.8, 4) is 12.3 Å². The van der Waals surface area contributed by atoms with Gasteiger partial charge in [0, 0.05) is 29.5 Å². The number of anilines is 2. The van der Waals surface area contributed by atoms with Crippen LogP contribution in [0.2, 0.25) is 0 Å². The third-order valence-corrected chi connectivity index (χ3v) is 4.73. The molecule has 0 unspecified atom stereocenters. The number of carbonyl (C=O) groups is 2. The molecule has 2 amide bonds. The Labute approximate surface area is 166 Å². The minimum absolute atomic E-state index is 0.182. The van der Waals surface area contributed by atoms with E-state index in [0.29, 0.717) is 27.7 Å². The molecule has 2 N–H and O–H groups in total. The molecular formula is C20H17N5O2S. The van der Waals surface area contributed by atoms with E-state index in [9.17, 15) is 9.59 Å². The molecule has 7 nitrogen and oxygen atoms in total. The molecule has 8 heteroatoms. The number of terminal acetylenes is 1. The Morgan fingerprint density at radius 3 is 2.61 bits per heavy atom. The molecule has 0 fully saturated rings. The van der Waals surface area contributed by atoms with Gasteiger partial charge in [-0.05, 0) is 36.4 Å². The van der Waals surface area contributed by atoms with Crippen molar-refractivity contribution in [1.29, 1.82) is 0 Å². The van der Waals surface area contributed by atoms with Crippen molar-refractivity contribution >= 4 is 35.0 Å². The van der Waals surface area contributed by atoms with E-state index < -0.39 is 0 Å². The van der Waals surface area contributed by atoms with Gasteiger partial charge in [0.1, 0.15) is 6.33 Å². The SMILES string of the molecule is C#Cc1cccc(NC(=O)c2cccc(NC(=O)CSc3nncn3C)c2)c1. The molecule has 3 rings (SSSR count). The largest absolute Gasteiger partial charge is 0.325 e. The average molecular weight is 391 g/mol. The van der Waals surface area contributed by atoms with Gasteiger partial charge in [-0.1, -0.05) is 29.8 Å². The van der Waals surface area contributed by atoms with E-state index >= 15 is 0 Å². The van der Waals surface area contributed by atoms with E-state index in [1.54, 1.807) is 59.4 Å². The van der Waals surface area contributed by atoms with Crippen molar-refractivity contribution in [1.82, 2.24) is 14.8 Å². The van der Waals surface area contributed by atoms with Gasteiger partial charge in [0.2, 0.25) is 5.91 Å². The molecule has 0 spiro atoms. The Morgan fingerprint density at radius 1 is 1.14 bits per heavy atom. The Balaban J connectivity index is 1.61. The van der Waals surface area contributed by atoms with Gasteiger partial charge in [0.15, 0.2) is 5.16 Å². The highest BCUT2D eigenvalue weighted by Gasteiger charge is 2.10. The number of amides is 2. The summed E-state index contributed by atoms with van der Waals surface area (Å²) in [7, 11) is 1.81. The number of rotatable bonds is 6. The molecule has 1 heterocycles. The van der Waals surface area contributed by atoms with E-state index in [0.717, 1.165) is 0 Å². The molecule has 28 heavy (non-hydrogen) atoms. The Hall–Kier alpha value is -3.57. The highest BCUT2D eigenvalue weighted by atomic mass is 32.2. The fraction of sp³-hybridized carbons (Fsp3) is 0.100. The highest BCUT2D eigenvalue weighted by Crippen LogP contribution is 2.17. The number of hydrogen-bond acceptors (Lipinski definition) is 5. The van der Waals surface area contributed by atoms with Gasteiger partial charge in [-0.15, -0.1) is 16.6 Å². The van der Waals surface area contributed by atoms with Crippen molar-refractivity contribution in [2.75, 3.05) is 16.4 Å². The molecule has 0 atom stereocenters. The second-order valence-electron chi connectivity index (χ2n) is 5.82. The van der Waals surface area contributed by atoms with Gasteiger partial charge >= 0.3 is 0 Å². The van der Waals surface area contributed by atoms with Gasteiger partial charge in [-0.3, -0.25) is 9.59 Å². The van der Waals surface area contributed by atoms with Crippen LogP contribution in [0.5, 0.6) is 0 Å². The lowest BCUT2D eigenvalue weighted by Gasteiger charge is -2.09. The zero-order chi connectivity index (χ0) is 19.9. The maximum atomic E-state index is 12.5. The topological polar surface area (TPSA) is 88.9 Å². The van der Waals surface area contributed by atoms with Crippen LogP contribution in [0.1, 0.15) is 15.9 Å². The molecule has 0 aliphatic rings. The summed E-state index contributed by atoms with van der Waals surface area (Å²) < 4.78 is 1.73. The van der Waals surface area contributed by atoms with Gasteiger partial charge < -0.3 is 15.2 Å². The first kappa shape index (κ1) is 19.2. The van der Waals surface area contributed by atoms with E-state index in [2.05, 4.69) is 26.8 Å². The predicted molar refractivity (Wildman–Crippen MR) is 109 cm³/mol. The number of carbonyl (C=O) groups excluding carboxylic acids is 2. The molecule has 140 valence electrons. The maximum absolute atomic E-state index is 12.5. The summed E-state index contributed by atoms with van der Waals surface area (Å²) in [6, 6.07) is 13.7. The van der Waals surface area contributed by atoms with E-state index in [1.165, 1.54) is 11.8 Å². The fourth-order valence-corrected chi connectivity index (χ4v) is 3.05. The lowest BCUT2D eigenvalue weighted by Crippen LogP contribution is -2.16. The molecule has 3 aromatic rings. The van der Waals surface area contributed by atoms with Crippen LogP contribution >= 0.6 is 11.8 Å². The summed E-state index contributed by atoms with van der Waals surface area (Å²) in [5.74, 6) is 2.21. The monoisotopic (exact) mass is 391 g/mol. The highest BCUT2D eigenvalue weighted by molar-refractivity contribution is 7.99. The summed E-state index contributed by atoms with van der Waals surface area (Å²) in [5.41, 5.74) is 2.24. The molecule has 0 saturated heterocycles. The molecule has 0 saturated carbocycles. The fourth-order valence-electron chi connectivity index (χ4n) is 2.36. The van der Waals surface area contributed by atoms with Gasteiger partial charge in [0.05, 0.1) is 5.75 Å². The van der Waals surface area contributed by atoms with Gasteiger partial charge in [0.25, 0.3) is 5.91 Å². The minimum Gasteiger partial charge on any atom is -0.325 e. The number of aromatic nitrogens is 3. The number of nitrogens with zero attached hydrogens (tertiary/aromatic N) is 3. The number of hydrogen-bond donors (Lipinski definition) is 2. The lowest BCUT2D eigenvalue weighted by molar-refractivity contribution is -0.113. The molecule has 0 aliphatic heterocycles. The number of thioether (sulfide) groups is 1. The van der Waals surface area contributed by atoms with Gasteiger partial charge in [-0.2, -0.15) is 0 Å². The van der Waals surface area contributed by atoms with Crippen LogP contribution in [-0.2, 0) is 11.8 Å². The van der Waals surface area contributed by atoms with Crippen LogP contribution in [0.25, 0.3) is 0 Å². The third kappa shape index (κ3) is 4.99. The third-order valence-electron chi connectivity index (χ3n) is 3.70. The lowest BCUT2D eigenvalue weighted by atomic mass is 10.1. The average Bonchev–Trinajstić information content (AvgIpc) is 3.11. The number of aryl methyl sites for hydroxylation is 1. The van der Waals surface area contributed by atoms with E-state index in [-0.39, 0.29) is 17.6 Å². The minimum atomic E-state index is -0.293. The molecule has 1 aromatic heterocycles. The second kappa shape index (κ2) is 8.88. The Bertz CT molecular complexity index is 1050. The quantitative estimate of drug-likeness (QED) is 0.498. The smallest absolute Gasteiger partial charge is 0.255 e. The molecule has 0 aliphatic carbocycles. The first-order chi connectivity index (χ1) is 13.5. The molecule has 0 bridgehead atoms. The van der Waals surface area contributed by atoms with Crippen molar-refractivity contribution in [3.05, 3.63) is 66.0 Å². The van der Waals surface area contributed by atoms with E-state index in [4.69, 9.17) is 6.42 Å². The van der Waals surface area contributed by atoms with Crippen LogP contribution in [-0.4, -0.2) is 32.3 Å². The maximum Gasteiger partial charge on any atom is 0.255 e. The second-order valence-corrected chi connectivity index (χ2v) is 6.76. The van der Waals surface area contributed by atoms with Crippen LogP contribution in [0, 0.1) is 12.3 Å². The molecule has 0 radical (unpaired) electrons. The van der Waals surface area contributed by atoms with Crippen LogP contribution in [0.15, 0.2) is 60.0 Å². The van der Waals surface area contributed by atoms with E-state index in [1.807, 2.05) is 7.05 Å². The van der Waals surface area contributed by atoms with Crippen LogP contribution in [0.4, 0.5) is 11.4 Å². The first-order valence-electron chi connectivity index (χ1n) is 8.30. The summed E-state index contributed by atoms with van der Waals surface area (Å²) in [5, 5.41) is 13.9. The summed E-state index contributed by atoms with van der Waals surface area (Å²) in [4.78, 5) is 24.6. The molecular weight excluding hydrogens is 374 g/mol. The number of nitrogens with one attached hydrogen (secondary N) is 2. The first-order valence-corrected chi connectivity index (χ1v) is 9.28.